The molecule has 2 aromatic rings. The van der Waals surface area contributed by atoms with Gasteiger partial charge < -0.3 is 0 Å². The van der Waals surface area contributed by atoms with Gasteiger partial charge in [0, 0.05) is 0 Å². The molecule has 0 aromatic heterocycles. The first kappa shape index (κ1) is 14.8. The first-order valence-corrected chi connectivity index (χ1v) is 7.74. The van der Waals surface area contributed by atoms with Gasteiger partial charge in [-0.15, -0.1) is 0 Å². The molecule has 2 aromatic carbocycles. The highest BCUT2D eigenvalue weighted by Gasteiger charge is 2.08. The van der Waals surface area contributed by atoms with Crippen LogP contribution in [0.25, 0.3) is 0 Å². The van der Waals surface area contributed by atoms with E-state index < -0.39 is 0 Å². The zero-order chi connectivity index (χ0) is 14.5. The summed E-state index contributed by atoms with van der Waals surface area (Å²) in [5, 5.41) is 0. The maximum atomic E-state index is 2.32. The van der Waals surface area contributed by atoms with Gasteiger partial charge in [-0.1, -0.05) is 54.4 Å². The van der Waals surface area contributed by atoms with Crippen LogP contribution in [0.15, 0.2) is 36.4 Å². The highest BCUT2D eigenvalue weighted by atomic mass is 14.1. The van der Waals surface area contributed by atoms with Crippen LogP contribution in [-0.4, -0.2) is 0 Å². The monoisotopic (exact) mass is 266 g/mol. The van der Waals surface area contributed by atoms with Gasteiger partial charge in [-0.2, -0.15) is 0 Å². The van der Waals surface area contributed by atoms with Crippen molar-refractivity contribution in [2.24, 2.45) is 0 Å². The maximum absolute atomic E-state index is 2.32. The Morgan fingerprint density at radius 1 is 0.800 bits per heavy atom. The van der Waals surface area contributed by atoms with Crippen LogP contribution in [0.1, 0.15) is 46.7 Å². The fraction of sp³-hybridized carbons (Fsp3) is 0.400. The van der Waals surface area contributed by atoms with Crippen molar-refractivity contribution in [3.63, 3.8) is 0 Å². The van der Waals surface area contributed by atoms with Gasteiger partial charge in [-0.25, -0.2) is 0 Å². The number of fused-ring (bicyclic) bond motifs is 1. The molecule has 0 nitrogen and oxygen atoms in total. The van der Waals surface area contributed by atoms with E-state index in [0.717, 1.165) is 6.42 Å². The van der Waals surface area contributed by atoms with E-state index in [1.165, 1.54) is 41.5 Å². The van der Waals surface area contributed by atoms with E-state index in [-0.39, 0.29) is 0 Å². The highest BCUT2D eigenvalue weighted by molar-refractivity contribution is 5.34. The van der Waals surface area contributed by atoms with Crippen molar-refractivity contribution in [3.8, 4) is 0 Å². The molecule has 0 radical (unpaired) electrons. The standard InChI is InChI=1S/C10H12.C10H14/c1-8-5-6-9-3-2-4-10(9)7-8;1-4-10-7-8(2)5-6-9(10)3/h5-7H,2-4H2,1H3;5-7H,4H2,1-3H3. The molecule has 0 heterocycles. The zero-order valence-corrected chi connectivity index (χ0v) is 13.3. The van der Waals surface area contributed by atoms with Gasteiger partial charge in [0.15, 0.2) is 0 Å². The van der Waals surface area contributed by atoms with E-state index in [1.807, 2.05) is 0 Å². The van der Waals surface area contributed by atoms with Crippen LogP contribution in [-0.2, 0) is 19.3 Å². The lowest BCUT2D eigenvalue weighted by Crippen LogP contribution is -1.86. The summed E-state index contributed by atoms with van der Waals surface area (Å²) in [6.45, 7) is 8.66. The molecule has 106 valence electrons. The van der Waals surface area contributed by atoms with Crippen LogP contribution < -0.4 is 0 Å². The van der Waals surface area contributed by atoms with E-state index in [1.54, 1.807) is 11.1 Å². The zero-order valence-electron chi connectivity index (χ0n) is 13.3. The largest absolute Gasteiger partial charge is 0.0613 e. The van der Waals surface area contributed by atoms with Gasteiger partial charge in [-0.05, 0) is 68.7 Å². The van der Waals surface area contributed by atoms with Crippen molar-refractivity contribution in [1.29, 1.82) is 0 Å². The average molecular weight is 266 g/mol. The molecular weight excluding hydrogens is 240 g/mol. The third kappa shape index (κ3) is 3.72. The summed E-state index contributed by atoms with van der Waals surface area (Å²) in [7, 11) is 0. The van der Waals surface area contributed by atoms with Crippen LogP contribution in [0.4, 0.5) is 0 Å². The highest BCUT2D eigenvalue weighted by Crippen LogP contribution is 2.22. The summed E-state index contributed by atoms with van der Waals surface area (Å²) < 4.78 is 0. The molecular formula is C20H26. The normalized spacial score (nSPS) is 12.6. The number of aryl methyl sites for hydroxylation is 6. The minimum absolute atomic E-state index is 1.15. The Hall–Kier alpha value is -1.56. The molecule has 3 rings (SSSR count). The fourth-order valence-corrected chi connectivity index (χ4v) is 2.88. The summed E-state index contributed by atoms with van der Waals surface area (Å²) in [4.78, 5) is 0. The third-order valence-corrected chi connectivity index (χ3v) is 4.14. The van der Waals surface area contributed by atoms with E-state index in [2.05, 4.69) is 64.1 Å². The van der Waals surface area contributed by atoms with E-state index in [9.17, 15) is 0 Å². The molecule has 20 heavy (non-hydrogen) atoms. The van der Waals surface area contributed by atoms with E-state index in [0.29, 0.717) is 0 Å². The predicted molar refractivity (Wildman–Crippen MR) is 88.5 cm³/mol. The first-order chi connectivity index (χ1) is 9.60. The number of rotatable bonds is 1. The molecule has 0 saturated heterocycles. The van der Waals surface area contributed by atoms with E-state index >= 15 is 0 Å². The molecule has 0 N–H and O–H groups in total. The van der Waals surface area contributed by atoms with Crippen molar-refractivity contribution in [2.75, 3.05) is 0 Å². The molecule has 1 aliphatic rings. The fourth-order valence-electron chi connectivity index (χ4n) is 2.88. The van der Waals surface area contributed by atoms with E-state index in [4.69, 9.17) is 0 Å². The second kappa shape index (κ2) is 6.74. The molecule has 0 spiro atoms. The van der Waals surface area contributed by atoms with Gasteiger partial charge in [-0.3, -0.25) is 0 Å². The molecule has 1 aliphatic carbocycles. The maximum Gasteiger partial charge on any atom is -0.0273 e. The number of benzene rings is 2. The van der Waals surface area contributed by atoms with Crippen LogP contribution in [0, 0.1) is 20.8 Å². The summed E-state index contributed by atoms with van der Waals surface area (Å²) >= 11 is 0. The Labute approximate surface area is 123 Å². The molecule has 0 atom stereocenters. The lowest BCUT2D eigenvalue weighted by molar-refractivity contribution is 0.911. The number of hydrogen-bond donors (Lipinski definition) is 0. The topological polar surface area (TPSA) is 0 Å². The second-order valence-corrected chi connectivity index (χ2v) is 5.91. The molecule has 0 aliphatic heterocycles. The van der Waals surface area contributed by atoms with Crippen LogP contribution >= 0.6 is 0 Å². The molecule has 0 unspecified atom stereocenters. The molecule has 0 amide bonds. The van der Waals surface area contributed by atoms with Gasteiger partial charge in [0.2, 0.25) is 0 Å². The van der Waals surface area contributed by atoms with Gasteiger partial charge in [0.05, 0.1) is 0 Å². The lowest BCUT2D eigenvalue weighted by Gasteiger charge is -2.02. The van der Waals surface area contributed by atoms with Gasteiger partial charge in [0.25, 0.3) is 0 Å². The Morgan fingerprint density at radius 2 is 1.45 bits per heavy atom. The average Bonchev–Trinajstić information content (AvgIpc) is 2.89. The van der Waals surface area contributed by atoms with Crippen molar-refractivity contribution in [3.05, 3.63) is 69.8 Å². The minimum Gasteiger partial charge on any atom is -0.0613 e. The SMILES string of the molecule is CCc1cc(C)ccc1C.Cc1ccc2c(c1)CCC2. The molecule has 0 fully saturated rings. The summed E-state index contributed by atoms with van der Waals surface area (Å²) in [5.74, 6) is 0. The van der Waals surface area contributed by atoms with Crippen LogP contribution in [0.2, 0.25) is 0 Å². The molecule has 0 heteroatoms. The first-order valence-electron chi connectivity index (χ1n) is 7.74. The number of hydrogen-bond acceptors (Lipinski definition) is 0. The second-order valence-electron chi connectivity index (χ2n) is 5.91. The minimum atomic E-state index is 1.15. The van der Waals surface area contributed by atoms with Gasteiger partial charge >= 0.3 is 0 Å². The summed E-state index contributed by atoms with van der Waals surface area (Å²) in [6, 6.07) is 13.4. The Balaban J connectivity index is 0.000000147. The summed E-state index contributed by atoms with van der Waals surface area (Å²) in [6.07, 6.45) is 5.11. The Kier molecular flexibility index (Phi) is 5.00. The molecule has 0 saturated carbocycles. The molecule has 0 bridgehead atoms. The smallest absolute Gasteiger partial charge is 0.0273 e. The third-order valence-electron chi connectivity index (χ3n) is 4.14. The van der Waals surface area contributed by atoms with Crippen molar-refractivity contribution in [1.82, 2.24) is 0 Å². The van der Waals surface area contributed by atoms with Gasteiger partial charge in [0.1, 0.15) is 0 Å². The predicted octanol–water partition coefficient (Wildman–Crippen LogP) is 5.35. The lowest BCUT2D eigenvalue weighted by atomic mass is 10.0. The summed E-state index contributed by atoms with van der Waals surface area (Å²) in [5.41, 5.74) is 8.81. The van der Waals surface area contributed by atoms with Crippen LogP contribution in [0.5, 0.6) is 0 Å². The van der Waals surface area contributed by atoms with Crippen molar-refractivity contribution in [2.45, 2.75) is 53.4 Å². The Bertz CT molecular complexity index is 570. The Morgan fingerprint density at radius 3 is 2.15 bits per heavy atom. The quantitative estimate of drug-likeness (QED) is 0.652. The van der Waals surface area contributed by atoms with Crippen molar-refractivity contribution < 1.29 is 0 Å². The van der Waals surface area contributed by atoms with Crippen LogP contribution in [0.3, 0.4) is 0 Å². The van der Waals surface area contributed by atoms with Crippen molar-refractivity contribution >= 4 is 0 Å².